The van der Waals surface area contributed by atoms with Gasteiger partial charge >= 0.3 is 0 Å². The van der Waals surface area contributed by atoms with E-state index in [1.807, 2.05) is 22.9 Å². The molecule has 1 saturated heterocycles. The summed E-state index contributed by atoms with van der Waals surface area (Å²) in [7, 11) is -3.43. The highest BCUT2D eigenvalue weighted by Crippen LogP contribution is 2.25. The van der Waals surface area contributed by atoms with Crippen LogP contribution in [0.1, 0.15) is 22.3 Å². The Morgan fingerprint density at radius 2 is 1.82 bits per heavy atom. The van der Waals surface area contributed by atoms with Crippen LogP contribution in [-0.2, 0) is 16.4 Å². The molecule has 0 spiro atoms. The Morgan fingerprint density at radius 3 is 2.50 bits per heavy atom. The van der Waals surface area contributed by atoms with Crippen molar-refractivity contribution in [3.63, 3.8) is 0 Å². The monoisotopic (exact) mass is 395 g/mol. The molecule has 7 heteroatoms. The van der Waals surface area contributed by atoms with Crippen LogP contribution < -0.4 is 0 Å². The quantitative estimate of drug-likeness (QED) is 0.666. The van der Waals surface area contributed by atoms with Gasteiger partial charge in [0.1, 0.15) is 0 Å². The van der Waals surface area contributed by atoms with Crippen molar-refractivity contribution in [2.24, 2.45) is 0 Å². The molecule has 0 aliphatic carbocycles. The zero-order chi connectivity index (χ0) is 19.6. The van der Waals surface area contributed by atoms with Crippen LogP contribution in [0, 0.1) is 0 Å². The minimum absolute atomic E-state index is 0.125. The molecule has 2 aromatic carbocycles. The van der Waals surface area contributed by atoms with Gasteiger partial charge in [-0.3, -0.25) is 4.79 Å². The molecule has 1 aliphatic heterocycles. The summed E-state index contributed by atoms with van der Waals surface area (Å²) in [6, 6.07) is 15.9. The Hall–Kier alpha value is -2.93. The van der Waals surface area contributed by atoms with Crippen LogP contribution in [0.5, 0.6) is 0 Å². The first-order valence-corrected chi connectivity index (χ1v) is 10.7. The van der Waals surface area contributed by atoms with Crippen molar-refractivity contribution in [1.29, 1.82) is 0 Å². The molecule has 6 nitrogen and oxygen atoms in total. The molecule has 0 bridgehead atoms. The lowest BCUT2D eigenvalue weighted by Crippen LogP contribution is -2.31. The fourth-order valence-corrected chi connectivity index (χ4v) is 5.21. The molecule has 0 N–H and O–H groups in total. The van der Waals surface area contributed by atoms with E-state index in [2.05, 4.69) is 4.98 Å². The predicted octanol–water partition coefficient (Wildman–Crippen LogP) is 2.62. The maximum Gasteiger partial charge on any atom is 0.253 e. The van der Waals surface area contributed by atoms with Gasteiger partial charge in [0.15, 0.2) is 9.84 Å². The van der Waals surface area contributed by atoms with Crippen molar-refractivity contribution in [1.82, 2.24) is 14.5 Å². The highest BCUT2D eigenvalue weighted by molar-refractivity contribution is 7.92. The van der Waals surface area contributed by atoms with Crippen LogP contribution in [0.15, 0.2) is 78.2 Å². The lowest BCUT2D eigenvalue weighted by molar-refractivity contribution is 0.0793. The normalized spacial score (nSPS) is 17.0. The van der Waals surface area contributed by atoms with Gasteiger partial charge in [0, 0.05) is 37.6 Å². The summed E-state index contributed by atoms with van der Waals surface area (Å²) in [4.78, 5) is 18.8. The summed E-state index contributed by atoms with van der Waals surface area (Å²) >= 11 is 0. The SMILES string of the molecule is O=C(c1ccc(Cn2ccnc2)cc1)N1CCC(S(=O)(=O)c2ccccc2)C1. The van der Waals surface area contributed by atoms with Gasteiger partial charge in [-0.1, -0.05) is 30.3 Å². The molecule has 3 aromatic rings. The zero-order valence-corrected chi connectivity index (χ0v) is 16.1. The second-order valence-corrected chi connectivity index (χ2v) is 9.18. The van der Waals surface area contributed by atoms with Crippen molar-refractivity contribution >= 4 is 15.7 Å². The van der Waals surface area contributed by atoms with E-state index < -0.39 is 15.1 Å². The van der Waals surface area contributed by atoms with Crippen LogP contribution in [0.3, 0.4) is 0 Å². The van der Waals surface area contributed by atoms with E-state index in [4.69, 9.17) is 0 Å². The minimum atomic E-state index is -3.43. The van der Waals surface area contributed by atoms with Crippen molar-refractivity contribution in [3.05, 3.63) is 84.4 Å². The number of rotatable bonds is 5. The summed E-state index contributed by atoms with van der Waals surface area (Å²) in [6.45, 7) is 1.37. The Kier molecular flexibility index (Phi) is 5.00. The molecule has 28 heavy (non-hydrogen) atoms. The third kappa shape index (κ3) is 3.71. The largest absolute Gasteiger partial charge is 0.337 e. The van der Waals surface area contributed by atoms with Crippen molar-refractivity contribution < 1.29 is 13.2 Å². The van der Waals surface area contributed by atoms with E-state index in [1.54, 1.807) is 59.9 Å². The molecule has 4 rings (SSSR count). The second kappa shape index (κ2) is 7.59. The van der Waals surface area contributed by atoms with Gasteiger partial charge < -0.3 is 9.47 Å². The molecule has 144 valence electrons. The number of carbonyl (C=O) groups excluding carboxylic acids is 1. The van der Waals surface area contributed by atoms with Gasteiger partial charge in [0.25, 0.3) is 5.91 Å². The van der Waals surface area contributed by atoms with Gasteiger partial charge in [0.05, 0.1) is 16.5 Å². The minimum Gasteiger partial charge on any atom is -0.337 e. The predicted molar refractivity (Wildman–Crippen MR) is 106 cm³/mol. The van der Waals surface area contributed by atoms with E-state index in [1.165, 1.54) is 0 Å². The van der Waals surface area contributed by atoms with E-state index in [0.717, 1.165) is 5.56 Å². The molecular weight excluding hydrogens is 374 g/mol. The van der Waals surface area contributed by atoms with Gasteiger partial charge in [-0.25, -0.2) is 13.4 Å². The number of likely N-dealkylation sites (tertiary alicyclic amines) is 1. The van der Waals surface area contributed by atoms with Crippen LogP contribution >= 0.6 is 0 Å². The third-order valence-electron chi connectivity index (χ3n) is 5.07. The number of imidazole rings is 1. The number of nitrogens with zero attached hydrogens (tertiary/aromatic N) is 3. The molecular formula is C21H21N3O3S. The fourth-order valence-electron chi connectivity index (χ4n) is 3.49. The van der Waals surface area contributed by atoms with Crippen molar-refractivity contribution in [2.45, 2.75) is 23.1 Å². The van der Waals surface area contributed by atoms with E-state index in [0.29, 0.717) is 30.0 Å². The summed E-state index contributed by atoms with van der Waals surface area (Å²) < 4.78 is 27.5. The van der Waals surface area contributed by atoms with Gasteiger partial charge in [-0.2, -0.15) is 0 Å². The smallest absolute Gasteiger partial charge is 0.253 e. The number of sulfone groups is 1. The number of hydrogen-bond acceptors (Lipinski definition) is 4. The number of hydrogen-bond donors (Lipinski definition) is 0. The second-order valence-electron chi connectivity index (χ2n) is 6.95. The Bertz CT molecular complexity index is 1050. The van der Waals surface area contributed by atoms with Gasteiger partial charge in [-0.15, -0.1) is 0 Å². The zero-order valence-electron chi connectivity index (χ0n) is 15.3. The number of aromatic nitrogens is 2. The lowest BCUT2D eigenvalue weighted by atomic mass is 10.1. The summed E-state index contributed by atoms with van der Waals surface area (Å²) in [5.41, 5.74) is 1.65. The Balaban J connectivity index is 1.43. The molecule has 1 atom stereocenters. The molecule has 2 heterocycles. The Labute approximate surface area is 164 Å². The number of carbonyl (C=O) groups is 1. The molecule has 0 radical (unpaired) electrons. The number of amides is 1. The Morgan fingerprint density at radius 1 is 1.07 bits per heavy atom. The van der Waals surface area contributed by atoms with Gasteiger partial charge in [0.2, 0.25) is 0 Å². The van der Waals surface area contributed by atoms with Crippen molar-refractivity contribution in [3.8, 4) is 0 Å². The van der Waals surface area contributed by atoms with Crippen LogP contribution in [0.2, 0.25) is 0 Å². The summed E-state index contributed by atoms with van der Waals surface area (Å²) in [5.74, 6) is -0.125. The maximum absolute atomic E-state index is 12.8. The highest BCUT2D eigenvalue weighted by Gasteiger charge is 2.36. The molecule has 1 aromatic heterocycles. The topological polar surface area (TPSA) is 72.3 Å². The average Bonchev–Trinajstić information content (AvgIpc) is 3.41. The molecule has 1 amide bonds. The third-order valence-corrected chi connectivity index (χ3v) is 7.26. The fraction of sp³-hybridized carbons (Fsp3) is 0.238. The summed E-state index contributed by atoms with van der Waals surface area (Å²) in [6.07, 6.45) is 5.82. The standard InChI is InChI=1S/C21H21N3O3S/c25-21(18-8-6-17(7-9-18)14-23-13-11-22-16-23)24-12-10-20(15-24)28(26,27)19-4-2-1-3-5-19/h1-9,11,13,16,20H,10,12,14-15H2. The van der Waals surface area contributed by atoms with Crippen molar-refractivity contribution in [2.75, 3.05) is 13.1 Å². The highest BCUT2D eigenvalue weighted by atomic mass is 32.2. The lowest BCUT2D eigenvalue weighted by Gasteiger charge is -2.17. The van der Waals surface area contributed by atoms with Crippen LogP contribution in [0.4, 0.5) is 0 Å². The first-order valence-electron chi connectivity index (χ1n) is 9.17. The van der Waals surface area contributed by atoms with E-state index in [-0.39, 0.29) is 12.5 Å². The van der Waals surface area contributed by atoms with E-state index >= 15 is 0 Å². The maximum atomic E-state index is 12.8. The van der Waals surface area contributed by atoms with E-state index in [9.17, 15) is 13.2 Å². The molecule has 1 fully saturated rings. The van der Waals surface area contributed by atoms with Crippen LogP contribution in [-0.4, -0.2) is 47.1 Å². The molecule has 1 aliphatic rings. The van der Waals surface area contributed by atoms with Crippen LogP contribution in [0.25, 0.3) is 0 Å². The van der Waals surface area contributed by atoms with Gasteiger partial charge in [-0.05, 0) is 36.2 Å². The first-order chi connectivity index (χ1) is 13.5. The molecule has 1 unspecified atom stereocenters. The molecule has 0 saturated carbocycles. The summed E-state index contributed by atoms with van der Waals surface area (Å²) in [5, 5.41) is -0.556. The average molecular weight is 395 g/mol. The number of benzene rings is 2. The first kappa shape index (κ1) is 18.4.